The van der Waals surface area contributed by atoms with Gasteiger partial charge >= 0.3 is 0 Å². The monoisotopic (exact) mass is 488 g/mol. The Hall–Kier alpha value is -3.31. The molecule has 2 aromatic heterocycles. The normalized spacial score (nSPS) is 15.3. The zero-order valence-corrected chi connectivity index (χ0v) is 19.6. The van der Waals surface area contributed by atoms with Crippen molar-refractivity contribution in [2.75, 3.05) is 13.1 Å². The van der Waals surface area contributed by atoms with Crippen LogP contribution in [0.1, 0.15) is 29.9 Å². The molecule has 0 unspecified atom stereocenters. The highest BCUT2D eigenvalue weighted by Crippen LogP contribution is 2.28. The average molecular weight is 489 g/mol. The highest BCUT2D eigenvalue weighted by atomic mass is 32.2. The van der Waals surface area contributed by atoms with Crippen LogP contribution in [-0.4, -0.2) is 41.9 Å². The van der Waals surface area contributed by atoms with Gasteiger partial charge in [0.2, 0.25) is 15.9 Å². The number of amides is 1. The van der Waals surface area contributed by atoms with E-state index in [0.29, 0.717) is 29.8 Å². The summed E-state index contributed by atoms with van der Waals surface area (Å²) in [6.07, 6.45) is 3.86. The third-order valence-electron chi connectivity index (χ3n) is 5.72. The summed E-state index contributed by atoms with van der Waals surface area (Å²) in [7, 11) is -3.73. The zero-order valence-electron chi connectivity index (χ0n) is 18.8. The number of nitrogens with one attached hydrogen (secondary N) is 1. The molecule has 1 aliphatic heterocycles. The van der Waals surface area contributed by atoms with Crippen molar-refractivity contribution in [1.82, 2.24) is 19.8 Å². The van der Waals surface area contributed by atoms with E-state index in [1.165, 1.54) is 22.6 Å². The lowest BCUT2D eigenvalue weighted by Crippen LogP contribution is -2.43. The molecule has 34 heavy (non-hydrogen) atoms. The molecule has 0 saturated carbocycles. The Kier molecular flexibility index (Phi) is 6.94. The van der Waals surface area contributed by atoms with Crippen LogP contribution in [0, 0.1) is 25.6 Å². The zero-order chi connectivity index (χ0) is 24.3. The second kappa shape index (κ2) is 9.90. The van der Waals surface area contributed by atoms with E-state index >= 15 is 0 Å². The molecule has 0 atom stereocenters. The molecule has 3 aromatic rings. The van der Waals surface area contributed by atoms with E-state index in [4.69, 9.17) is 9.26 Å². The van der Waals surface area contributed by atoms with Crippen LogP contribution in [0.25, 0.3) is 0 Å². The number of hydrogen-bond acceptors (Lipinski definition) is 7. The molecule has 1 aliphatic rings. The second-order valence-corrected chi connectivity index (χ2v) is 9.98. The van der Waals surface area contributed by atoms with E-state index in [2.05, 4.69) is 15.5 Å². The van der Waals surface area contributed by atoms with Gasteiger partial charge < -0.3 is 14.6 Å². The van der Waals surface area contributed by atoms with Gasteiger partial charge in [-0.1, -0.05) is 11.2 Å². The van der Waals surface area contributed by atoms with E-state index in [1.807, 2.05) is 0 Å². The van der Waals surface area contributed by atoms with Crippen LogP contribution in [0.5, 0.6) is 11.5 Å². The van der Waals surface area contributed by atoms with Crippen molar-refractivity contribution >= 4 is 15.9 Å². The van der Waals surface area contributed by atoms with Crippen LogP contribution >= 0.6 is 0 Å². The Bertz CT molecular complexity index is 1250. The SMILES string of the molecule is Cc1noc(C)c1S(=O)(=O)N1CCC(C(=O)NCc2ccc(Oc3cccnc3)c(F)c2)CC1. The maximum Gasteiger partial charge on any atom is 0.248 e. The van der Waals surface area contributed by atoms with Gasteiger partial charge in [-0.2, -0.15) is 4.31 Å². The number of pyridine rings is 1. The highest BCUT2D eigenvalue weighted by Gasteiger charge is 2.35. The van der Waals surface area contributed by atoms with Crippen LogP contribution in [0.2, 0.25) is 0 Å². The Morgan fingerprint density at radius 1 is 1.26 bits per heavy atom. The Morgan fingerprint density at radius 3 is 2.65 bits per heavy atom. The molecule has 180 valence electrons. The topological polar surface area (TPSA) is 115 Å². The molecule has 0 radical (unpaired) electrons. The Morgan fingerprint density at radius 2 is 2.03 bits per heavy atom. The quantitative estimate of drug-likeness (QED) is 0.542. The lowest BCUT2D eigenvalue weighted by atomic mass is 9.97. The summed E-state index contributed by atoms with van der Waals surface area (Å²) in [5, 5.41) is 6.54. The molecule has 1 fully saturated rings. The molecular formula is C23H25FN4O5S. The van der Waals surface area contributed by atoms with Gasteiger partial charge in [-0.05, 0) is 56.5 Å². The van der Waals surface area contributed by atoms with Crippen molar-refractivity contribution in [3.63, 3.8) is 0 Å². The van der Waals surface area contributed by atoms with Crippen molar-refractivity contribution < 1.29 is 26.9 Å². The number of carbonyl (C=O) groups is 1. The number of aryl methyl sites for hydroxylation is 2. The van der Waals surface area contributed by atoms with Crippen LogP contribution in [0.3, 0.4) is 0 Å². The number of rotatable bonds is 7. The predicted molar refractivity (Wildman–Crippen MR) is 120 cm³/mol. The average Bonchev–Trinajstić information content (AvgIpc) is 3.18. The minimum atomic E-state index is -3.73. The molecule has 0 spiro atoms. The number of sulfonamides is 1. The maximum absolute atomic E-state index is 14.4. The largest absolute Gasteiger partial charge is 0.453 e. The number of benzene rings is 1. The number of nitrogens with zero attached hydrogens (tertiary/aromatic N) is 3. The van der Waals surface area contributed by atoms with Gasteiger partial charge in [0.15, 0.2) is 17.3 Å². The fourth-order valence-corrected chi connectivity index (χ4v) is 5.70. The Labute approximate surface area is 197 Å². The lowest BCUT2D eigenvalue weighted by Gasteiger charge is -2.30. The van der Waals surface area contributed by atoms with E-state index in [0.717, 1.165) is 0 Å². The van der Waals surface area contributed by atoms with Gasteiger partial charge in [0.25, 0.3) is 0 Å². The number of ether oxygens (including phenoxy) is 1. The molecular weight excluding hydrogens is 463 g/mol. The summed E-state index contributed by atoms with van der Waals surface area (Å²) in [5.41, 5.74) is 0.907. The minimum absolute atomic E-state index is 0.0648. The van der Waals surface area contributed by atoms with Crippen LogP contribution in [0.4, 0.5) is 4.39 Å². The van der Waals surface area contributed by atoms with Crippen molar-refractivity contribution in [3.8, 4) is 11.5 Å². The number of hydrogen-bond donors (Lipinski definition) is 1. The van der Waals surface area contributed by atoms with Crippen LogP contribution in [-0.2, 0) is 21.4 Å². The number of halogens is 1. The van der Waals surface area contributed by atoms with Crippen molar-refractivity contribution in [2.24, 2.45) is 5.92 Å². The molecule has 4 rings (SSSR count). The van der Waals surface area contributed by atoms with E-state index in [-0.39, 0.29) is 47.9 Å². The van der Waals surface area contributed by atoms with E-state index < -0.39 is 15.8 Å². The summed E-state index contributed by atoms with van der Waals surface area (Å²) in [5.74, 6) is -0.324. The number of carbonyl (C=O) groups excluding carboxylic acids is 1. The summed E-state index contributed by atoms with van der Waals surface area (Å²) in [6.45, 7) is 3.75. The molecule has 3 heterocycles. The molecule has 1 N–H and O–H groups in total. The first kappa shape index (κ1) is 23.8. The summed E-state index contributed by atoms with van der Waals surface area (Å²) in [6, 6.07) is 7.85. The van der Waals surface area contributed by atoms with E-state index in [1.54, 1.807) is 38.2 Å². The van der Waals surface area contributed by atoms with Gasteiger partial charge in [-0.25, -0.2) is 12.8 Å². The maximum atomic E-state index is 14.4. The van der Waals surface area contributed by atoms with Gasteiger partial charge in [-0.3, -0.25) is 9.78 Å². The molecule has 1 amide bonds. The summed E-state index contributed by atoms with van der Waals surface area (Å²) < 4.78 is 52.1. The minimum Gasteiger partial charge on any atom is -0.453 e. The van der Waals surface area contributed by atoms with Crippen LogP contribution in [0.15, 0.2) is 52.1 Å². The van der Waals surface area contributed by atoms with Gasteiger partial charge in [0.05, 0.1) is 6.20 Å². The smallest absolute Gasteiger partial charge is 0.248 e. The molecule has 0 bridgehead atoms. The van der Waals surface area contributed by atoms with Gasteiger partial charge in [0, 0.05) is 31.7 Å². The molecule has 11 heteroatoms. The van der Waals surface area contributed by atoms with Crippen molar-refractivity contribution in [3.05, 3.63) is 65.6 Å². The first-order valence-electron chi connectivity index (χ1n) is 10.8. The third kappa shape index (κ3) is 5.10. The highest BCUT2D eigenvalue weighted by molar-refractivity contribution is 7.89. The standard InChI is InChI=1S/C23H25FN4O5S/c1-15-22(16(2)33-27-15)34(30,31)28-10-7-18(8-11-28)23(29)26-13-17-5-6-21(20(24)12-17)32-19-4-3-9-25-14-19/h3-6,9,12,14,18H,7-8,10-11,13H2,1-2H3,(H,26,29). The number of piperidine rings is 1. The fourth-order valence-electron chi connectivity index (χ4n) is 3.94. The van der Waals surface area contributed by atoms with Gasteiger partial charge in [-0.15, -0.1) is 0 Å². The second-order valence-electron chi connectivity index (χ2n) is 8.11. The third-order valence-corrected chi connectivity index (χ3v) is 7.86. The van der Waals surface area contributed by atoms with E-state index in [9.17, 15) is 17.6 Å². The first-order chi connectivity index (χ1) is 16.3. The molecule has 9 nitrogen and oxygen atoms in total. The first-order valence-corrected chi connectivity index (χ1v) is 12.3. The molecule has 0 aliphatic carbocycles. The molecule has 1 saturated heterocycles. The molecule has 1 aromatic carbocycles. The predicted octanol–water partition coefficient (Wildman–Crippen LogP) is 3.33. The number of aromatic nitrogens is 2. The fraction of sp³-hybridized carbons (Fsp3) is 0.348. The van der Waals surface area contributed by atoms with Crippen molar-refractivity contribution in [1.29, 1.82) is 0 Å². The Balaban J connectivity index is 1.30. The summed E-state index contributed by atoms with van der Waals surface area (Å²) >= 11 is 0. The van der Waals surface area contributed by atoms with Crippen LogP contribution < -0.4 is 10.1 Å². The lowest BCUT2D eigenvalue weighted by molar-refractivity contribution is -0.126. The van der Waals surface area contributed by atoms with Gasteiger partial charge in [0.1, 0.15) is 16.3 Å². The van der Waals surface area contributed by atoms with Crippen molar-refractivity contribution in [2.45, 2.75) is 38.1 Å². The summed E-state index contributed by atoms with van der Waals surface area (Å²) in [4.78, 5) is 16.6.